The van der Waals surface area contributed by atoms with Crippen LogP contribution in [0.2, 0.25) is 0 Å². The summed E-state index contributed by atoms with van der Waals surface area (Å²) in [6.07, 6.45) is 6.94. The highest BCUT2D eigenvalue weighted by Crippen LogP contribution is 2.32. The number of nitrogens with zero attached hydrogens (tertiary/aromatic N) is 1. The average Bonchev–Trinajstić information content (AvgIpc) is 2.53. The molecule has 2 aliphatic heterocycles. The van der Waals surface area contributed by atoms with Crippen molar-refractivity contribution in [3.63, 3.8) is 0 Å². The summed E-state index contributed by atoms with van der Waals surface area (Å²) in [6, 6.07) is 0. The minimum Gasteiger partial charge on any atom is -0.495 e. The van der Waals surface area contributed by atoms with Crippen LogP contribution in [-0.4, -0.2) is 41.8 Å². The maximum atomic E-state index is 10.7. The SMILES string of the molecule is CCN1CCCC(O)(C2=CCCCO2)CC1. The first-order valence-corrected chi connectivity index (χ1v) is 6.53. The standard InChI is InChI=1S/C13H23NO2/c1-2-14-9-5-7-13(15,8-10-14)12-6-3-4-11-16-12/h6,15H,2-5,7-11H2,1H3. The molecule has 0 aromatic carbocycles. The van der Waals surface area contributed by atoms with E-state index in [1.807, 2.05) is 0 Å². The molecule has 0 saturated carbocycles. The maximum absolute atomic E-state index is 10.7. The van der Waals surface area contributed by atoms with Gasteiger partial charge in [0.25, 0.3) is 0 Å². The third kappa shape index (κ3) is 2.58. The molecule has 2 aliphatic rings. The zero-order valence-electron chi connectivity index (χ0n) is 10.2. The van der Waals surface area contributed by atoms with Crippen molar-refractivity contribution in [1.29, 1.82) is 0 Å². The van der Waals surface area contributed by atoms with Crippen LogP contribution in [0.5, 0.6) is 0 Å². The van der Waals surface area contributed by atoms with Crippen molar-refractivity contribution < 1.29 is 9.84 Å². The predicted molar refractivity (Wildman–Crippen MR) is 64.2 cm³/mol. The van der Waals surface area contributed by atoms with Crippen molar-refractivity contribution in [3.8, 4) is 0 Å². The molecule has 3 nitrogen and oxygen atoms in total. The zero-order chi connectivity index (χ0) is 11.4. The van der Waals surface area contributed by atoms with Gasteiger partial charge in [-0.1, -0.05) is 6.92 Å². The number of hydrogen-bond donors (Lipinski definition) is 1. The van der Waals surface area contributed by atoms with E-state index < -0.39 is 5.60 Å². The number of aliphatic hydroxyl groups is 1. The lowest BCUT2D eigenvalue weighted by molar-refractivity contribution is -0.00625. The molecule has 2 rings (SSSR count). The Morgan fingerprint density at radius 1 is 1.38 bits per heavy atom. The quantitative estimate of drug-likeness (QED) is 0.779. The van der Waals surface area contributed by atoms with Gasteiger partial charge >= 0.3 is 0 Å². The number of hydrogen-bond acceptors (Lipinski definition) is 3. The lowest BCUT2D eigenvalue weighted by Gasteiger charge is -2.31. The molecule has 3 heteroatoms. The van der Waals surface area contributed by atoms with Crippen LogP contribution >= 0.6 is 0 Å². The summed E-state index contributed by atoms with van der Waals surface area (Å²) in [7, 11) is 0. The first-order chi connectivity index (χ1) is 7.74. The van der Waals surface area contributed by atoms with Crippen LogP contribution in [0, 0.1) is 0 Å². The fourth-order valence-corrected chi connectivity index (χ4v) is 2.62. The Hall–Kier alpha value is -0.540. The molecule has 0 spiro atoms. The van der Waals surface area contributed by atoms with Crippen molar-refractivity contribution in [2.45, 2.75) is 44.6 Å². The average molecular weight is 225 g/mol. The summed E-state index contributed by atoms with van der Waals surface area (Å²) in [5.74, 6) is 0.844. The minimum atomic E-state index is -0.690. The normalized spacial score (nSPS) is 32.8. The lowest BCUT2D eigenvalue weighted by atomic mass is 9.91. The fourth-order valence-electron chi connectivity index (χ4n) is 2.62. The monoisotopic (exact) mass is 225 g/mol. The summed E-state index contributed by atoms with van der Waals surface area (Å²) in [4.78, 5) is 2.40. The third-order valence-corrected chi connectivity index (χ3v) is 3.75. The molecule has 1 saturated heterocycles. The second kappa shape index (κ2) is 5.19. The first-order valence-electron chi connectivity index (χ1n) is 6.53. The zero-order valence-corrected chi connectivity index (χ0v) is 10.2. The molecule has 92 valence electrons. The van der Waals surface area contributed by atoms with Crippen molar-refractivity contribution in [1.82, 2.24) is 4.90 Å². The predicted octanol–water partition coefficient (Wildman–Crippen LogP) is 1.92. The molecule has 1 unspecified atom stereocenters. The Labute approximate surface area is 98.1 Å². The highest BCUT2D eigenvalue weighted by atomic mass is 16.5. The van der Waals surface area contributed by atoms with E-state index >= 15 is 0 Å². The van der Waals surface area contributed by atoms with Crippen LogP contribution in [0.25, 0.3) is 0 Å². The van der Waals surface area contributed by atoms with Crippen LogP contribution in [0.4, 0.5) is 0 Å². The second-order valence-electron chi connectivity index (χ2n) is 4.88. The third-order valence-electron chi connectivity index (χ3n) is 3.75. The molecule has 0 radical (unpaired) electrons. The molecule has 1 fully saturated rings. The van der Waals surface area contributed by atoms with Gasteiger partial charge < -0.3 is 14.7 Å². The number of allylic oxidation sites excluding steroid dienone is 1. The van der Waals surface area contributed by atoms with Crippen molar-refractivity contribution in [2.75, 3.05) is 26.2 Å². The molecule has 0 amide bonds. The molecular formula is C13H23NO2. The van der Waals surface area contributed by atoms with Gasteiger partial charge in [-0.2, -0.15) is 0 Å². The Morgan fingerprint density at radius 3 is 2.94 bits per heavy atom. The lowest BCUT2D eigenvalue weighted by Crippen LogP contribution is -2.35. The molecule has 0 aromatic rings. The molecule has 0 aliphatic carbocycles. The second-order valence-corrected chi connectivity index (χ2v) is 4.88. The molecule has 0 aromatic heterocycles. The number of rotatable bonds is 2. The Morgan fingerprint density at radius 2 is 2.25 bits per heavy atom. The number of likely N-dealkylation sites (tertiary alicyclic amines) is 1. The van der Waals surface area contributed by atoms with Crippen molar-refractivity contribution in [3.05, 3.63) is 11.8 Å². The largest absolute Gasteiger partial charge is 0.495 e. The van der Waals surface area contributed by atoms with Crippen molar-refractivity contribution in [2.24, 2.45) is 0 Å². The van der Waals surface area contributed by atoms with Gasteiger partial charge in [-0.15, -0.1) is 0 Å². The molecule has 0 bridgehead atoms. The van der Waals surface area contributed by atoms with E-state index in [-0.39, 0.29) is 0 Å². The van der Waals surface area contributed by atoms with Gasteiger partial charge in [0.1, 0.15) is 11.4 Å². The van der Waals surface area contributed by atoms with E-state index in [1.54, 1.807) is 0 Å². The fraction of sp³-hybridized carbons (Fsp3) is 0.846. The molecular weight excluding hydrogens is 202 g/mol. The van der Waals surface area contributed by atoms with Crippen LogP contribution in [0.3, 0.4) is 0 Å². The summed E-state index contributed by atoms with van der Waals surface area (Å²) < 4.78 is 5.64. The van der Waals surface area contributed by atoms with Gasteiger partial charge in [0, 0.05) is 6.54 Å². The van der Waals surface area contributed by atoms with Crippen LogP contribution in [-0.2, 0) is 4.74 Å². The minimum absolute atomic E-state index is 0.690. The highest BCUT2D eigenvalue weighted by Gasteiger charge is 2.35. The molecule has 2 heterocycles. The van der Waals surface area contributed by atoms with Gasteiger partial charge in [0.15, 0.2) is 0 Å². The van der Waals surface area contributed by atoms with Gasteiger partial charge in [-0.25, -0.2) is 0 Å². The van der Waals surface area contributed by atoms with E-state index in [0.29, 0.717) is 0 Å². The van der Waals surface area contributed by atoms with Crippen LogP contribution in [0.15, 0.2) is 11.8 Å². The van der Waals surface area contributed by atoms with E-state index in [2.05, 4.69) is 17.9 Å². The van der Waals surface area contributed by atoms with Gasteiger partial charge in [0.2, 0.25) is 0 Å². The molecule has 16 heavy (non-hydrogen) atoms. The Bertz CT molecular complexity index is 265. The summed E-state index contributed by atoms with van der Waals surface area (Å²) in [5, 5.41) is 10.7. The Balaban J connectivity index is 2.03. The topological polar surface area (TPSA) is 32.7 Å². The van der Waals surface area contributed by atoms with Crippen LogP contribution in [0.1, 0.15) is 39.0 Å². The van der Waals surface area contributed by atoms with Gasteiger partial charge in [0.05, 0.1) is 6.61 Å². The van der Waals surface area contributed by atoms with E-state index in [9.17, 15) is 5.11 Å². The van der Waals surface area contributed by atoms with Gasteiger partial charge in [-0.3, -0.25) is 0 Å². The van der Waals surface area contributed by atoms with E-state index in [4.69, 9.17) is 4.74 Å². The van der Waals surface area contributed by atoms with Crippen molar-refractivity contribution >= 4 is 0 Å². The van der Waals surface area contributed by atoms with Crippen LogP contribution < -0.4 is 0 Å². The van der Waals surface area contributed by atoms with Gasteiger partial charge in [-0.05, 0) is 51.3 Å². The maximum Gasteiger partial charge on any atom is 0.124 e. The molecule has 1 atom stereocenters. The van der Waals surface area contributed by atoms with E-state index in [1.165, 1.54) is 0 Å². The summed E-state index contributed by atoms with van der Waals surface area (Å²) in [5.41, 5.74) is -0.690. The Kier molecular flexibility index (Phi) is 3.87. The number of ether oxygens (including phenoxy) is 1. The highest BCUT2D eigenvalue weighted by molar-refractivity contribution is 5.12. The summed E-state index contributed by atoms with van der Waals surface area (Å²) in [6.45, 7) is 6.11. The summed E-state index contributed by atoms with van der Waals surface area (Å²) >= 11 is 0. The first kappa shape index (κ1) is 11.9. The van der Waals surface area contributed by atoms with E-state index in [0.717, 1.165) is 64.1 Å². The molecule has 1 N–H and O–H groups in total. The smallest absolute Gasteiger partial charge is 0.124 e.